The van der Waals surface area contributed by atoms with Crippen molar-refractivity contribution >= 4 is 55.9 Å². The summed E-state index contributed by atoms with van der Waals surface area (Å²) in [6, 6.07) is 12.6. The molecule has 1 N–H and O–H groups in total. The molecule has 0 aliphatic carbocycles. The number of benzene rings is 2. The smallest absolute Gasteiger partial charge is 0.326 e. The average molecular weight is 502 g/mol. The van der Waals surface area contributed by atoms with Crippen molar-refractivity contribution in [1.29, 1.82) is 0 Å². The van der Waals surface area contributed by atoms with Crippen LogP contribution in [-0.2, 0) is 24.3 Å². The van der Waals surface area contributed by atoms with Gasteiger partial charge in [-0.15, -0.1) is 0 Å². The van der Waals surface area contributed by atoms with E-state index in [1.165, 1.54) is 31.2 Å². The highest BCUT2D eigenvalue weighted by molar-refractivity contribution is 14.1. The predicted molar refractivity (Wildman–Crippen MR) is 111 cm³/mol. The number of esters is 1. The summed E-state index contributed by atoms with van der Waals surface area (Å²) >= 11 is 2.07. The predicted octanol–water partition coefficient (Wildman–Crippen LogP) is 3.01. The first-order chi connectivity index (χ1) is 12.7. The number of rotatable bonds is 7. The Balaban J connectivity index is 2.43. The maximum atomic E-state index is 13.1. The lowest BCUT2D eigenvalue weighted by molar-refractivity contribution is -0.141. The molecule has 0 heterocycles. The molecule has 0 saturated carbocycles. The SMILES string of the molecule is CCOC(=O)CN(c1cccc(I)c1)S(=O)(=O)c1ccc(NC(C)=O)cc1. The lowest BCUT2D eigenvalue weighted by atomic mass is 10.3. The van der Waals surface area contributed by atoms with Crippen molar-refractivity contribution < 1.29 is 22.7 Å². The Morgan fingerprint density at radius 3 is 2.37 bits per heavy atom. The molecule has 27 heavy (non-hydrogen) atoms. The molecular weight excluding hydrogens is 483 g/mol. The molecule has 2 aromatic rings. The number of carbonyl (C=O) groups excluding carboxylic acids is 2. The second-order valence-electron chi connectivity index (χ2n) is 5.50. The fraction of sp³-hybridized carbons (Fsp3) is 0.222. The number of carbonyl (C=O) groups is 2. The second kappa shape index (κ2) is 9.18. The minimum absolute atomic E-state index is 0.000221. The van der Waals surface area contributed by atoms with Crippen LogP contribution in [0.25, 0.3) is 0 Å². The lowest BCUT2D eigenvalue weighted by Gasteiger charge is -2.24. The number of hydrogen-bond donors (Lipinski definition) is 1. The third kappa shape index (κ3) is 5.67. The van der Waals surface area contributed by atoms with Crippen LogP contribution in [0.1, 0.15) is 13.8 Å². The highest BCUT2D eigenvalue weighted by atomic mass is 127. The van der Waals surface area contributed by atoms with Crippen LogP contribution in [0.15, 0.2) is 53.4 Å². The zero-order chi connectivity index (χ0) is 20.0. The fourth-order valence-electron chi connectivity index (χ4n) is 2.31. The quantitative estimate of drug-likeness (QED) is 0.465. The normalized spacial score (nSPS) is 10.9. The van der Waals surface area contributed by atoms with E-state index in [9.17, 15) is 18.0 Å². The summed E-state index contributed by atoms with van der Waals surface area (Å²) < 4.78 is 33.1. The van der Waals surface area contributed by atoms with Gasteiger partial charge in [-0.05, 0) is 72.0 Å². The van der Waals surface area contributed by atoms with Gasteiger partial charge in [-0.3, -0.25) is 13.9 Å². The van der Waals surface area contributed by atoms with Crippen molar-refractivity contribution in [3.05, 3.63) is 52.1 Å². The zero-order valence-corrected chi connectivity index (χ0v) is 17.8. The Hall–Kier alpha value is -2.14. The molecule has 0 atom stereocenters. The van der Waals surface area contributed by atoms with Gasteiger partial charge >= 0.3 is 5.97 Å². The Morgan fingerprint density at radius 2 is 1.81 bits per heavy atom. The van der Waals surface area contributed by atoms with E-state index in [-0.39, 0.29) is 17.4 Å². The van der Waals surface area contributed by atoms with Crippen LogP contribution in [0.4, 0.5) is 11.4 Å². The standard InChI is InChI=1S/C18H19IN2O5S/c1-3-26-18(23)12-21(16-6-4-5-14(19)11-16)27(24,25)17-9-7-15(8-10-17)20-13(2)22/h4-11H,3,12H2,1-2H3,(H,20,22). The average Bonchev–Trinajstić information content (AvgIpc) is 2.60. The minimum atomic E-state index is -4.01. The van der Waals surface area contributed by atoms with Gasteiger partial charge in [0, 0.05) is 16.2 Å². The first-order valence-electron chi connectivity index (χ1n) is 8.05. The van der Waals surface area contributed by atoms with Gasteiger partial charge < -0.3 is 10.1 Å². The number of sulfonamides is 1. The van der Waals surface area contributed by atoms with Gasteiger partial charge in [0.25, 0.3) is 10.0 Å². The molecule has 7 nitrogen and oxygen atoms in total. The number of anilines is 2. The van der Waals surface area contributed by atoms with Crippen molar-refractivity contribution in [2.24, 2.45) is 0 Å². The third-order valence-electron chi connectivity index (χ3n) is 3.44. The van der Waals surface area contributed by atoms with Crippen LogP contribution in [0.2, 0.25) is 0 Å². The van der Waals surface area contributed by atoms with E-state index in [2.05, 4.69) is 27.9 Å². The molecule has 1 amide bonds. The number of nitrogens with zero attached hydrogens (tertiary/aromatic N) is 1. The zero-order valence-electron chi connectivity index (χ0n) is 14.8. The van der Waals surface area contributed by atoms with Crippen LogP contribution in [0.3, 0.4) is 0 Å². The van der Waals surface area contributed by atoms with E-state index in [0.29, 0.717) is 11.4 Å². The molecule has 0 aromatic heterocycles. The molecule has 0 aliphatic rings. The van der Waals surface area contributed by atoms with Gasteiger partial charge in [0.15, 0.2) is 0 Å². The maximum Gasteiger partial charge on any atom is 0.326 e. The Morgan fingerprint density at radius 1 is 1.15 bits per heavy atom. The van der Waals surface area contributed by atoms with E-state index in [1.54, 1.807) is 25.1 Å². The monoisotopic (exact) mass is 502 g/mol. The number of halogens is 1. The Bertz CT molecular complexity index is 929. The minimum Gasteiger partial charge on any atom is -0.465 e. The van der Waals surface area contributed by atoms with E-state index in [1.807, 2.05) is 6.07 Å². The van der Waals surface area contributed by atoms with Gasteiger partial charge in [-0.2, -0.15) is 0 Å². The number of amides is 1. The van der Waals surface area contributed by atoms with Crippen LogP contribution < -0.4 is 9.62 Å². The lowest BCUT2D eigenvalue weighted by Crippen LogP contribution is -2.36. The maximum absolute atomic E-state index is 13.1. The highest BCUT2D eigenvalue weighted by Gasteiger charge is 2.28. The second-order valence-corrected chi connectivity index (χ2v) is 8.61. The van der Waals surface area contributed by atoms with Crippen LogP contribution >= 0.6 is 22.6 Å². The Kier molecular flexibility index (Phi) is 7.19. The van der Waals surface area contributed by atoms with E-state index >= 15 is 0 Å². The molecule has 0 radical (unpaired) electrons. The van der Waals surface area contributed by atoms with E-state index in [0.717, 1.165) is 7.88 Å². The van der Waals surface area contributed by atoms with Crippen molar-refractivity contribution in [3.63, 3.8) is 0 Å². The number of ether oxygens (including phenoxy) is 1. The van der Waals surface area contributed by atoms with Crippen molar-refractivity contribution in [2.45, 2.75) is 18.7 Å². The summed E-state index contributed by atoms with van der Waals surface area (Å²) in [4.78, 5) is 23.1. The Labute approximate surface area is 171 Å². The van der Waals surface area contributed by atoms with E-state index < -0.39 is 22.5 Å². The molecule has 0 bridgehead atoms. The molecule has 0 saturated heterocycles. The summed E-state index contributed by atoms with van der Waals surface area (Å²) in [6.07, 6.45) is 0. The first-order valence-corrected chi connectivity index (χ1v) is 10.6. The van der Waals surface area contributed by atoms with Gasteiger partial charge in [0.1, 0.15) is 6.54 Å². The van der Waals surface area contributed by atoms with Gasteiger partial charge in [-0.25, -0.2) is 8.42 Å². The van der Waals surface area contributed by atoms with Crippen LogP contribution in [0.5, 0.6) is 0 Å². The first kappa shape index (κ1) is 21.2. The van der Waals surface area contributed by atoms with Crippen molar-refractivity contribution in [1.82, 2.24) is 0 Å². The van der Waals surface area contributed by atoms with Gasteiger partial charge in [0.05, 0.1) is 17.2 Å². The molecule has 0 fully saturated rings. The molecule has 9 heteroatoms. The molecule has 0 unspecified atom stereocenters. The molecule has 2 aromatic carbocycles. The van der Waals surface area contributed by atoms with Crippen molar-refractivity contribution in [2.75, 3.05) is 22.8 Å². The molecular formula is C18H19IN2O5S. The largest absolute Gasteiger partial charge is 0.465 e. The molecule has 144 valence electrons. The topological polar surface area (TPSA) is 92.8 Å². The van der Waals surface area contributed by atoms with Gasteiger partial charge in [0.2, 0.25) is 5.91 Å². The summed E-state index contributed by atoms with van der Waals surface area (Å²) in [5.41, 5.74) is 0.841. The van der Waals surface area contributed by atoms with Crippen molar-refractivity contribution in [3.8, 4) is 0 Å². The van der Waals surface area contributed by atoms with Crippen LogP contribution in [0, 0.1) is 3.57 Å². The summed E-state index contributed by atoms with van der Waals surface area (Å²) in [5.74, 6) is -0.900. The summed E-state index contributed by atoms with van der Waals surface area (Å²) in [7, 11) is -4.01. The van der Waals surface area contributed by atoms with E-state index in [4.69, 9.17) is 4.74 Å². The number of nitrogens with one attached hydrogen (secondary N) is 1. The summed E-state index contributed by atoms with van der Waals surface area (Å²) in [5, 5.41) is 2.58. The molecule has 0 spiro atoms. The summed E-state index contributed by atoms with van der Waals surface area (Å²) in [6.45, 7) is 2.74. The number of hydrogen-bond acceptors (Lipinski definition) is 5. The molecule has 0 aliphatic heterocycles. The highest BCUT2D eigenvalue weighted by Crippen LogP contribution is 2.26. The van der Waals surface area contributed by atoms with Crippen LogP contribution in [-0.4, -0.2) is 33.4 Å². The fourth-order valence-corrected chi connectivity index (χ4v) is 4.24. The molecule has 2 rings (SSSR count). The van der Waals surface area contributed by atoms with Gasteiger partial charge in [-0.1, -0.05) is 6.07 Å². The third-order valence-corrected chi connectivity index (χ3v) is 5.90.